The molecule has 4 atom stereocenters. The number of nitrogens with one attached hydrogen (secondary N) is 1. The van der Waals surface area contributed by atoms with Gasteiger partial charge in [-0.15, -0.1) is 0 Å². The van der Waals surface area contributed by atoms with Crippen molar-refractivity contribution in [3.8, 4) is 0 Å². The number of carboxylic acids is 1. The molecule has 114 valence electrons. The lowest BCUT2D eigenvalue weighted by Crippen LogP contribution is -2.44. The minimum absolute atomic E-state index is 0.106. The first-order valence-corrected chi connectivity index (χ1v) is 7.40. The highest BCUT2D eigenvalue weighted by atomic mass is 16.5. The molecule has 0 aromatic heterocycles. The molecule has 2 unspecified atom stereocenters. The lowest BCUT2D eigenvalue weighted by Gasteiger charge is -2.32. The number of hydrogen-bond acceptors (Lipinski definition) is 3. The quantitative estimate of drug-likeness (QED) is 0.823. The van der Waals surface area contributed by atoms with Gasteiger partial charge in [0.15, 0.2) is 0 Å². The highest BCUT2D eigenvalue weighted by Gasteiger charge is 2.66. The Bertz CT molecular complexity index is 405. The third-order valence-electron chi connectivity index (χ3n) is 4.78. The maximum absolute atomic E-state index is 12.3. The summed E-state index contributed by atoms with van der Waals surface area (Å²) in [5, 5.41) is 12.2. The van der Waals surface area contributed by atoms with Crippen LogP contribution in [0.15, 0.2) is 0 Å². The second-order valence-electron chi connectivity index (χ2n) is 7.00. The summed E-state index contributed by atoms with van der Waals surface area (Å²) < 4.78 is 5.68. The van der Waals surface area contributed by atoms with Gasteiger partial charge in [0.1, 0.15) is 0 Å². The van der Waals surface area contributed by atoms with Crippen molar-refractivity contribution in [3.63, 3.8) is 0 Å². The van der Waals surface area contributed by atoms with E-state index < -0.39 is 23.2 Å². The smallest absolute Gasteiger partial charge is 0.307 e. The molecule has 1 heterocycles. The molecule has 1 saturated carbocycles. The van der Waals surface area contributed by atoms with Crippen molar-refractivity contribution in [1.29, 1.82) is 0 Å². The second-order valence-corrected chi connectivity index (χ2v) is 7.00. The van der Waals surface area contributed by atoms with Gasteiger partial charge < -0.3 is 15.2 Å². The molecular weight excluding hydrogens is 258 g/mol. The van der Waals surface area contributed by atoms with E-state index in [1.165, 1.54) is 0 Å². The van der Waals surface area contributed by atoms with E-state index in [0.717, 1.165) is 12.8 Å². The molecule has 2 rings (SSSR count). The molecule has 1 amide bonds. The molecule has 5 heteroatoms. The van der Waals surface area contributed by atoms with Crippen LogP contribution in [0.4, 0.5) is 0 Å². The molecule has 2 N–H and O–H groups in total. The Labute approximate surface area is 120 Å². The van der Waals surface area contributed by atoms with Gasteiger partial charge in [-0.2, -0.15) is 0 Å². The molecular formula is C15H25NO4. The second kappa shape index (κ2) is 5.35. The summed E-state index contributed by atoms with van der Waals surface area (Å²) in [7, 11) is 0. The van der Waals surface area contributed by atoms with Crippen LogP contribution in [0, 0.1) is 23.2 Å². The summed E-state index contributed by atoms with van der Waals surface area (Å²) in [6, 6.07) is 0.106. The fourth-order valence-electron chi connectivity index (χ4n) is 3.30. The summed E-state index contributed by atoms with van der Waals surface area (Å²) in [5.41, 5.74) is -0.432. The molecule has 2 fully saturated rings. The lowest BCUT2D eigenvalue weighted by atomic mass is 9.95. The number of carbonyl (C=O) groups is 2. The molecule has 0 radical (unpaired) electrons. The zero-order chi connectivity index (χ0) is 15.1. The van der Waals surface area contributed by atoms with Crippen molar-refractivity contribution in [2.75, 3.05) is 6.61 Å². The Morgan fingerprint density at radius 2 is 1.95 bits per heavy atom. The minimum Gasteiger partial charge on any atom is -0.481 e. The largest absolute Gasteiger partial charge is 0.481 e. The molecule has 20 heavy (non-hydrogen) atoms. The summed E-state index contributed by atoms with van der Waals surface area (Å²) in [5.74, 6) is -1.51. The third kappa shape index (κ3) is 2.82. The van der Waals surface area contributed by atoms with E-state index in [9.17, 15) is 9.59 Å². The lowest BCUT2D eigenvalue weighted by molar-refractivity contribution is -0.140. The van der Waals surface area contributed by atoms with E-state index in [0.29, 0.717) is 12.5 Å². The van der Waals surface area contributed by atoms with Gasteiger partial charge in [-0.05, 0) is 24.2 Å². The van der Waals surface area contributed by atoms with Crippen molar-refractivity contribution in [2.45, 2.75) is 52.7 Å². The SMILES string of the molecule is CC(C)C1CC(NC(=O)[C@@H]2[C@H](C(=O)O)C2(C)C)CCO1. The first kappa shape index (κ1) is 15.3. The van der Waals surface area contributed by atoms with E-state index in [2.05, 4.69) is 19.2 Å². The Balaban J connectivity index is 1.91. The molecule has 0 spiro atoms. The predicted octanol–water partition coefficient (Wildman–Crippen LogP) is 1.66. The number of carboxylic acid groups (broad SMARTS) is 1. The van der Waals surface area contributed by atoms with E-state index >= 15 is 0 Å². The molecule has 0 aromatic rings. The zero-order valence-corrected chi connectivity index (χ0v) is 12.7. The minimum atomic E-state index is -0.873. The van der Waals surface area contributed by atoms with Crippen LogP contribution in [0.5, 0.6) is 0 Å². The maximum Gasteiger partial charge on any atom is 0.307 e. The van der Waals surface area contributed by atoms with Crippen LogP contribution in [0.3, 0.4) is 0 Å². The van der Waals surface area contributed by atoms with Crippen molar-refractivity contribution >= 4 is 11.9 Å². The van der Waals surface area contributed by atoms with Gasteiger partial charge in [0.2, 0.25) is 5.91 Å². The van der Waals surface area contributed by atoms with Crippen molar-refractivity contribution < 1.29 is 19.4 Å². The molecule has 1 saturated heterocycles. The van der Waals surface area contributed by atoms with Gasteiger partial charge in [0.05, 0.1) is 17.9 Å². The molecule has 0 aromatic carbocycles. The van der Waals surface area contributed by atoms with Crippen LogP contribution in [0.25, 0.3) is 0 Å². The number of hydrogen-bond donors (Lipinski definition) is 2. The van der Waals surface area contributed by atoms with Crippen LogP contribution < -0.4 is 5.32 Å². The predicted molar refractivity (Wildman–Crippen MR) is 74.1 cm³/mol. The Hall–Kier alpha value is -1.10. The highest BCUT2D eigenvalue weighted by molar-refractivity contribution is 5.91. The zero-order valence-electron chi connectivity index (χ0n) is 12.7. The van der Waals surface area contributed by atoms with Gasteiger partial charge in [0.25, 0.3) is 0 Å². The standard InChI is InChI=1S/C15H25NO4/c1-8(2)10-7-9(5-6-20-10)16-13(17)11-12(14(18)19)15(11,3)4/h8-12H,5-7H2,1-4H3,(H,16,17)(H,18,19)/t9?,10?,11-,12+/m0/s1. The fourth-order valence-corrected chi connectivity index (χ4v) is 3.30. The molecule has 1 aliphatic heterocycles. The number of rotatable bonds is 4. The summed E-state index contributed by atoms with van der Waals surface area (Å²) in [6.07, 6.45) is 1.80. The Morgan fingerprint density at radius 3 is 2.45 bits per heavy atom. The molecule has 0 bridgehead atoms. The average Bonchev–Trinajstić information content (AvgIpc) is 2.93. The number of amides is 1. The van der Waals surface area contributed by atoms with E-state index in [4.69, 9.17) is 9.84 Å². The van der Waals surface area contributed by atoms with Crippen LogP contribution in [0.2, 0.25) is 0 Å². The van der Waals surface area contributed by atoms with Gasteiger partial charge >= 0.3 is 5.97 Å². The van der Waals surface area contributed by atoms with Crippen LogP contribution >= 0.6 is 0 Å². The van der Waals surface area contributed by atoms with Gasteiger partial charge in [-0.1, -0.05) is 27.7 Å². The van der Waals surface area contributed by atoms with Crippen LogP contribution in [-0.2, 0) is 14.3 Å². The van der Waals surface area contributed by atoms with Crippen molar-refractivity contribution in [3.05, 3.63) is 0 Å². The third-order valence-corrected chi connectivity index (χ3v) is 4.78. The van der Waals surface area contributed by atoms with E-state index in [1.807, 2.05) is 13.8 Å². The first-order valence-electron chi connectivity index (χ1n) is 7.40. The Kier molecular flexibility index (Phi) is 4.09. The number of ether oxygens (including phenoxy) is 1. The monoisotopic (exact) mass is 283 g/mol. The van der Waals surface area contributed by atoms with Gasteiger partial charge in [-0.3, -0.25) is 9.59 Å². The summed E-state index contributed by atoms with van der Waals surface area (Å²) >= 11 is 0. The molecule has 1 aliphatic carbocycles. The number of aliphatic carboxylic acids is 1. The first-order chi connectivity index (χ1) is 9.25. The van der Waals surface area contributed by atoms with Gasteiger partial charge in [-0.25, -0.2) is 0 Å². The fraction of sp³-hybridized carbons (Fsp3) is 0.867. The highest BCUT2D eigenvalue weighted by Crippen LogP contribution is 2.58. The summed E-state index contributed by atoms with van der Waals surface area (Å²) in [6.45, 7) is 8.57. The average molecular weight is 283 g/mol. The van der Waals surface area contributed by atoms with E-state index in [1.54, 1.807) is 0 Å². The molecule has 2 aliphatic rings. The normalized spacial score (nSPS) is 35.6. The number of carbonyl (C=O) groups excluding carboxylic acids is 1. The van der Waals surface area contributed by atoms with Crippen molar-refractivity contribution in [1.82, 2.24) is 5.32 Å². The van der Waals surface area contributed by atoms with Gasteiger partial charge in [0, 0.05) is 12.6 Å². The maximum atomic E-state index is 12.3. The van der Waals surface area contributed by atoms with Crippen molar-refractivity contribution in [2.24, 2.45) is 23.2 Å². The van der Waals surface area contributed by atoms with Crippen LogP contribution in [0.1, 0.15) is 40.5 Å². The van der Waals surface area contributed by atoms with Crippen LogP contribution in [-0.4, -0.2) is 35.7 Å². The Morgan fingerprint density at radius 1 is 1.30 bits per heavy atom. The van der Waals surface area contributed by atoms with E-state index in [-0.39, 0.29) is 18.1 Å². The molecule has 5 nitrogen and oxygen atoms in total. The summed E-state index contributed by atoms with van der Waals surface area (Å²) in [4.78, 5) is 23.4. The topological polar surface area (TPSA) is 75.6 Å².